The second kappa shape index (κ2) is 12.6. The van der Waals surface area contributed by atoms with E-state index in [2.05, 4.69) is 0 Å². The second-order valence-electron chi connectivity index (χ2n) is 9.04. The van der Waals surface area contributed by atoms with E-state index < -0.39 is 72.9 Å². The van der Waals surface area contributed by atoms with Crippen LogP contribution in [0.5, 0.6) is 0 Å². The van der Waals surface area contributed by atoms with Gasteiger partial charge in [-0.2, -0.15) is 0 Å². The molecule has 12 nitrogen and oxygen atoms in total. The van der Waals surface area contributed by atoms with Crippen molar-refractivity contribution in [2.45, 2.75) is 91.6 Å². The van der Waals surface area contributed by atoms with E-state index >= 15 is 0 Å². The minimum absolute atomic E-state index is 0.0319. The molecular formula is C23H36O12. The highest BCUT2D eigenvalue weighted by molar-refractivity contribution is 5.67. The Morgan fingerprint density at radius 1 is 0.657 bits per heavy atom. The van der Waals surface area contributed by atoms with Crippen LogP contribution in [0, 0.1) is 17.8 Å². The van der Waals surface area contributed by atoms with Gasteiger partial charge in [-0.1, -0.05) is 20.8 Å². The number of hydrogen-bond acceptors (Lipinski definition) is 12. The summed E-state index contributed by atoms with van der Waals surface area (Å²) in [5.74, 6) is -3.24. The average molecular weight is 505 g/mol. The molecule has 0 radical (unpaired) electrons. The van der Waals surface area contributed by atoms with Crippen LogP contribution in [0.3, 0.4) is 0 Å². The van der Waals surface area contributed by atoms with Gasteiger partial charge in [-0.3, -0.25) is 19.2 Å². The molecule has 2 rings (SSSR count). The molecule has 12 heteroatoms. The van der Waals surface area contributed by atoms with E-state index in [1.165, 1.54) is 27.7 Å². The zero-order chi connectivity index (χ0) is 26.4. The van der Waals surface area contributed by atoms with Gasteiger partial charge in [-0.25, -0.2) is 0 Å². The largest absolute Gasteiger partial charge is 0.463 e. The summed E-state index contributed by atoms with van der Waals surface area (Å²) in [4.78, 5) is 46.2. The van der Waals surface area contributed by atoms with Gasteiger partial charge in [0.15, 0.2) is 24.8 Å². The molecule has 0 aliphatic carbocycles. The van der Waals surface area contributed by atoms with Gasteiger partial charge in [0.1, 0.15) is 19.3 Å². The highest BCUT2D eigenvalue weighted by atomic mass is 16.7. The predicted octanol–water partition coefficient (Wildman–Crippen LogP) is 0.712. The maximum absolute atomic E-state index is 11.8. The SMILES string of the molecule is CC(=O)OC[C@H]1O[C@@H](O[C@H]2[C@H](C)[C@@H](OC(C)=O)[C@H](O)O[C@@H]2COC(C)=O)[C@H](OC(C)=O)[C@@H](C)[C@@H]1C. The Balaban J connectivity index is 2.34. The monoisotopic (exact) mass is 504 g/mol. The lowest BCUT2D eigenvalue weighted by Gasteiger charge is -2.48. The topological polar surface area (TPSA) is 153 Å². The minimum Gasteiger partial charge on any atom is -0.463 e. The maximum atomic E-state index is 11.8. The van der Waals surface area contributed by atoms with Crippen molar-refractivity contribution in [2.24, 2.45) is 17.8 Å². The number of aliphatic hydroxyl groups is 1. The number of carbonyl (C=O) groups excluding carboxylic acids is 4. The Kier molecular flexibility index (Phi) is 10.4. The number of esters is 4. The van der Waals surface area contributed by atoms with Crippen LogP contribution in [0.25, 0.3) is 0 Å². The van der Waals surface area contributed by atoms with Crippen molar-refractivity contribution in [3.63, 3.8) is 0 Å². The second-order valence-corrected chi connectivity index (χ2v) is 9.04. The number of ether oxygens (including phenoxy) is 7. The summed E-state index contributed by atoms with van der Waals surface area (Å²) < 4.78 is 38.9. The molecule has 1 N–H and O–H groups in total. The summed E-state index contributed by atoms with van der Waals surface area (Å²) in [6, 6.07) is 0. The molecule has 35 heavy (non-hydrogen) atoms. The Morgan fingerprint density at radius 2 is 1.17 bits per heavy atom. The van der Waals surface area contributed by atoms with Gasteiger partial charge in [0, 0.05) is 39.5 Å². The molecule has 0 amide bonds. The van der Waals surface area contributed by atoms with Gasteiger partial charge in [0.05, 0.1) is 12.2 Å². The van der Waals surface area contributed by atoms with Crippen LogP contribution in [0.2, 0.25) is 0 Å². The average Bonchev–Trinajstić information content (AvgIpc) is 2.75. The minimum atomic E-state index is -1.48. The van der Waals surface area contributed by atoms with Crippen molar-refractivity contribution < 1.29 is 57.4 Å². The lowest BCUT2D eigenvalue weighted by molar-refractivity contribution is -0.339. The van der Waals surface area contributed by atoms with Crippen molar-refractivity contribution in [1.29, 1.82) is 0 Å². The van der Waals surface area contributed by atoms with Crippen LogP contribution >= 0.6 is 0 Å². The molecule has 2 aliphatic heterocycles. The maximum Gasteiger partial charge on any atom is 0.303 e. The molecule has 2 heterocycles. The fourth-order valence-electron chi connectivity index (χ4n) is 4.29. The first-order valence-corrected chi connectivity index (χ1v) is 11.6. The Morgan fingerprint density at radius 3 is 1.69 bits per heavy atom. The number of carbonyl (C=O) groups is 4. The fraction of sp³-hybridized carbons (Fsp3) is 0.826. The zero-order valence-electron chi connectivity index (χ0n) is 21.1. The summed E-state index contributed by atoms with van der Waals surface area (Å²) >= 11 is 0. The molecule has 0 aromatic heterocycles. The molecule has 0 saturated carbocycles. The number of rotatable bonds is 8. The third-order valence-electron chi connectivity index (χ3n) is 6.31. The molecule has 0 bridgehead atoms. The van der Waals surface area contributed by atoms with Crippen LogP contribution < -0.4 is 0 Å². The lowest BCUT2D eigenvalue weighted by Crippen LogP contribution is -2.60. The van der Waals surface area contributed by atoms with Gasteiger partial charge in [-0.05, 0) is 5.92 Å². The first kappa shape index (κ1) is 29.0. The van der Waals surface area contributed by atoms with Crippen molar-refractivity contribution >= 4 is 23.9 Å². The molecular weight excluding hydrogens is 468 g/mol. The summed E-state index contributed by atoms with van der Waals surface area (Å²) in [6.45, 7) is 10.1. The third kappa shape index (κ3) is 7.86. The van der Waals surface area contributed by atoms with E-state index in [-0.39, 0.29) is 25.0 Å². The van der Waals surface area contributed by atoms with Crippen LogP contribution in [0.1, 0.15) is 48.5 Å². The summed E-state index contributed by atoms with van der Waals surface area (Å²) in [6.07, 6.45) is -6.91. The Bertz CT molecular complexity index is 766. The van der Waals surface area contributed by atoms with Crippen molar-refractivity contribution in [1.82, 2.24) is 0 Å². The summed E-state index contributed by atoms with van der Waals surface area (Å²) in [5, 5.41) is 10.4. The molecule has 2 fully saturated rings. The molecule has 10 atom stereocenters. The third-order valence-corrected chi connectivity index (χ3v) is 6.31. The van der Waals surface area contributed by atoms with Gasteiger partial charge in [-0.15, -0.1) is 0 Å². The number of aliphatic hydroxyl groups excluding tert-OH is 1. The highest BCUT2D eigenvalue weighted by Gasteiger charge is 2.51. The quantitative estimate of drug-likeness (QED) is 0.366. The van der Waals surface area contributed by atoms with E-state index in [9.17, 15) is 24.3 Å². The molecule has 2 aliphatic rings. The van der Waals surface area contributed by atoms with Crippen molar-refractivity contribution in [3.8, 4) is 0 Å². The molecule has 0 aromatic carbocycles. The molecule has 200 valence electrons. The molecule has 2 saturated heterocycles. The van der Waals surface area contributed by atoms with E-state index in [1.807, 2.05) is 13.8 Å². The van der Waals surface area contributed by atoms with Crippen molar-refractivity contribution in [2.75, 3.05) is 13.2 Å². The van der Waals surface area contributed by atoms with Crippen LogP contribution in [0.4, 0.5) is 0 Å². The van der Waals surface area contributed by atoms with Gasteiger partial charge in [0.2, 0.25) is 0 Å². The highest BCUT2D eigenvalue weighted by Crippen LogP contribution is 2.37. The Labute approximate surface area is 204 Å². The Hall–Kier alpha value is -2.28. The van der Waals surface area contributed by atoms with Gasteiger partial charge < -0.3 is 38.3 Å². The summed E-state index contributed by atoms with van der Waals surface area (Å²) in [7, 11) is 0. The van der Waals surface area contributed by atoms with E-state index in [4.69, 9.17) is 33.2 Å². The molecule has 0 aromatic rings. The lowest BCUT2D eigenvalue weighted by atomic mass is 9.83. The molecule has 0 spiro atoms. The first-order valence-electron chi connectivity index (χ1n) is 11.6. The summed E-state index contributed by atoms with van der Waals surface area (Å²) in [5.41, 5.74) is 0. The van der Waals surface area contributed by atoms with Gasteiger partial charge >= 0.3 is 23.9 Å². The number of hydrogen-bond donors (Lipinski definition) is 1. The zero-order valence-corrected chi connectivity index (χ0v) is 21.1. The molecule has 0 unspecified atom stereocenters. The van der Waals surface area contributed by atoms with E-state index in [0.29, 0.717) is 0 Å². The van der Waals surface area contributed by atoms with E-state index in [0.717, 1.165) is 0 Å². The van der Waals surface area contributed by atoms with Crippen LogP contribution in [0.15, 0.2) is 0 Å². The first-order chi connectivity index (χ1) is 16.3. The smallest absolute Gasteiger partial charge is 0.303 e. The van der Waals surface area contributed by atoms with Crippen LogP contribution in [-0.4, -0.2) is 85.3 Å². The van der Waals surface area contributed by atoms with Gasteiger partial charge in [0.25, 0.3) is 0 Å². The predicted molar refractivity (Wildman–Crippen MR) is 116 cm³/mol. The standard InChI is InChI=1S/C23H36O12/c1-10-11(2)21(32-16(7)27)23(34-17(10)8-29-13(4)24)35-19-12(3)20(31-15(6)26)22(28)33-18(19)9-30-14(5)25/h10-12,17-23,28H,8-9H2,1-7H3/t10-,11-,12-,17+,18+,19-,20+,21+,22+,23-/m0/s1. The van der Waals surface area contributed by atoms with E-state index in [1.54, 1.807) is 6.92 Å². The van der Waals surface area contributed by atoms with Crippen LogP contribution in [-0.2, 0) is 52.3 Å². The normalized spacial score (nSPS) is 37.1. The van der Waals surface area contributed by atoms with Crippen molar-refractivity contribution in [3.05, 3.63) is 0 Å². The fourth-order valence-corrected chi connectivity index (χ4v) is 4.29.